The number of nitrogens with zero attached hydrogens (tertiary/aromatic N) is 4. The second kappa shape index (κ2) is 6.91. The summed E-state index contributed by atoms with van der Waals surface area (Å²) < 4.78 is 0. The van der Waals surface area contributed by atoms with Gasteiger partial charge in [-0.3, -0.25) is 30.3 Å². The second-order valence-corrected chi connectivity index (χ2v) is 4.34. The Morgan fingerprint density at radius 1 is 0.833 bits per heavy atom. The molecule has 0 aliphatic heterocycles. The minimum atomic E-state index is -0.830. The maximum Gasteiger partial charge on any atom is 0.321 e. The first-order chi connectivity index (χ1) is 11.4. The monoisotopic (exact) mass is 332 g/mol. The Bertz CT molecular complexity index is 833. The van der Waals surface area contributed by atoms with Crippen LogP contribution in [0.15, 0.2) is 47.6 Å². The first-order valence-corrected chi connectivity index (χ1v) is 6.26. The molecule has 11 heteroatoms. The van der Waals surface area contributed by atoms with E-state index >= 15 is 0 Å². The Labute approximate surface area is 133 Å². The maximum absolute atomic E-state index is 10.9. The van der Waals surface area contributed by atoms with Gasteiger partial charge < -0.3 is 4.84 Å². The summed E-state index contributed by atoms with van der Waals surface area (Å²) in [4.78, 5) is 34.8. The molecule has 0 spiro atoms. The normalized spacial score (nSPS) is 10.5. The van der Waals surface area contributed by atoms with Crippen LogP contribution in [-0.2, 0) is 0 Å². The number of rotatable bonds is 6. The molecule has 0 saturated heterocycles. The zero-order valence-electron chi connectivity index (χ0n) is 11.8. The number of nitro benzene ring substituents is 3. The zero-order chi connectivity index (χ0) is 17.7. The van der Waals surface area contributed by atoms with E-state index in [2.05, 4.69) is 5.16 Å². The number of nitro groups is 3. The van der Waals surface area contributed by atoms with E-state index in [-0.39, 0.29) is 11.4 Å². The summed E-state index contributed by atoms with van der Waals surface area (Å²) in [5, 5.41) is 35.6. The van der Waals surface area contributed by atoms with Crippen LogP contribution in [0.2, 0.25) is 0 Å². The molecule has 0 heterocycles. The van der Waals surface area contributed by atoms with E-state index in [9.17, 15) is 30.3 Å². The molecule has 122 valence electrons. The highest BCUT2D eigenvalue weighted by Crippen LogP contribution is 2.31. The van der Waals surface area contributed by atoms with Gasteiger partial charge in [-0.15, -0.1) is 0 Å². The van der Waals surface area contributed by atoms with Crippen molar-refractivity contribution in [1.82, 2.24) is 0 Å². The number of hydrogen-bond donors (Lipinski definition) is 0. The average molecular weight is 332 g/mol. The third kappa shape index (κ3) is 3.85. The van der Waals surface area contributed by atoms with Gasteiger partial charge in [0.1, 0.15) is 0 Å². The number of benzene rings is 2. The molecule has 2 rings (SSSR count). The van der Waals surface area contributed by atoms with E-state index in [4.69, 9.17) is 4.84 Å². The van der Waals surface area contributed by atoms with Crippen molar-refractivity contribution < 1.29 is 19.6 Å². The Morgan fingerprint density at radius 2 is 1.42 bits per heavy atom. The molecule has 0 aliphatic carbocycles. The van der Waals surface area contributed by atoms with E-state index in [1.807, 2.05) is 0 Å². The lowest BCUT2D eigenvalue weighted by atomic mass is 10.2. The topological polar surface area (TPSA) is 151 Å². The molecule has 0 N–H and O–H groups in total. The summed E-state index contributed by atoms with van der Waals surface area (Å²) in [6.45, 7) is 0. The van der Waals surface area contributed by atoms with Gasteiger partial charge in [0, 0.05) is 18.2 Å². The molecule has 2 aromatic rings. The fraction of sp³-hybridized carbons (Fsp3) is 0. The predicted molar refractivity (Wildman–Crippen MR) is 81.1 cm³/mol. The zero-order valence-corrected chi connectivity index (χ0v) is 11.8. The van der Waals surface area contributed by atoms with Gasteiger partial charge in [0.25, 0.3) is 11.4 Å². The molecule has 0 atom stereocenters. The van der Waals surface area contributed by atoms with Gasteiger partial charge in [-0.1, -0.05) is 5.16 Å². The van der Waals surface area contributed by atoms with Crippen LogP contribution < -0.4 is 4.84 Å². The lowest BCUT2D eigenvalue weighted by Gasteiger charge is -2.00. The molecule has 0 radical (unpaired) electrons. The van der Waals surface area contributed by atoms with Crippen molar-refractivity contribution in [1.29, 1.82) is 0 Å². The third-order valence-corrected chi connectivity index (χ3v) is 2.81. The molecule has 0 aromatic heterocycles. The van der Waals surface area contributed by atoms with E-state index in [0.717, 1.165) is 18.2 Å². The van der Waals surface area contributed by atoms with Crippen molar-refractivity contribution in [2.24, 2.45) is 5.16 Å². The highest BCUT2D eigenvalue weighted by atomic mass is 16.7. The Balaban J connectivity index is 2.17. The first kappa shape index (κ1) is 16.5. The van der Waals surface area contributed by atoms with Crippen molar-refractivity contribution in [2.75, 3.05) is 0 Å². The molecule has 0 bridgehead atoms. The van der Waals surface area contributed by atoms with Crippen molar-refractivity contribution in [3.05, 3.63) is 78.4 Å². The maximum atomic E-state index is 10.9. The van der Waals surface area contributed by atoms with Crippen LogP contribution in [0.4, 0.5) is 17.1 Å². The Morgan fingerprint density at radius 3 is 1.96 bits per heavy atom. The lowest BCUT2D eigenvalue weighted by molar-refractivity contribution is -0.394. The summed E-state index contributed by atoms with van der Waals surface area (Å²) >= 11 is 0. The Kier molecular flexibility index (Phi) is 4.75. The van der Waals surface area contributed by atoms with Gasteiger partial charge in [-0.2, -0.15) is 0 Å². The first-order valence-electron chi connectivity index (χ1n) is 6.26. The summed E-state index contributed by atoms with van der Waals surface area (Å²) in [7, 11) is 0. The molecular formula is C13H8N4O7. The van der Waals surface area contributed by atoms with Crippen LogP contribution in [-0.4, -0.2) is 21.0 Å². The minimum Gasteiger partial charge on any atom is -0.350 e. The van der Waals surface area contributed by atoms with Crippen LogP contribution in [0.5, 0.6) is 5.75 Å². The molecule has 24 heavy (non-hydrogen) atoms. The lowest BCUT2D eigenvalue weighted by Crippen LogP contribution is -1.96. The molecule has 0 saturated carbocycles. The van der Waals surface area contributed by atoms with Gasteiger partial charge in [0.2, 0.25) is 5.75 Å². The van der Waals surface area contributed by atoms with E-state index in [1.165, 1.54) is 30.5 Å². The van der Waals surface area contributed by atoms with E-state index < -0.39 is 26.1 Å². The van der Waals surface area contributed by atoms with Crippen LogP contribution in [0, 0.1) is 30.3 Å². The molecule has 0 fully saturated rings. The van der Waals surface area contributed by atoms with Gasteiger partial charge in [0.05, 0.1) is 27.1 Å². The number of hydrogen-bond acceptors (Lipinski definition) is 8. The number of non-ortho nitro benzene ring substituents is 2. The average Bonchev–Trinajstić information content (AvgIpc) is 2.55. The van der Waals surface area contributed by atoms with Gasteiger partial charge in [0.15, 0.2) is 0 Å². The highest BCUT2D eigenvalue weighted by molar-refractivity contribution is 5.79. The van der Waals surface area contributed by atoms with Crippen molar-refractivity contribution >= 4 is 23.3 Å². The molecule has 0 unspecified atom stereocenters. The van der Waals surface area contributed by atoms with E-state index in [1.54, 1.807) is 0 Å². The Hall–Kier alpha value is -3.89. The standard InChI is InChI=1S/C13H8N4O7/c18-15(19)10-3-1-9(2-4-10)8-14-24-13-6-5-11(16(20)21)7-12(13)17(22)23/h1-8H/b14-8+. The van der Waals surface area contributed by atoms with Crippen LogP contribution in [0.1, 0.15) is 5.56 Å². The number of oxime groups is 1. The largest absolute Gasteiger partial charge is 0.350 e. The van der Waals surface area contributed by atoms with Gasteiger partial charge in [-0.25, -0.2) is 0 Å². The fourth-order valence-corrected chi connectivity index (χ4v) is 1.67. The summed E-state index contributed by atoms with van der Waals surface area (Å²) in [5.74, 6) is -0.274. The predicted octanol–water partition coefficient (Wildman–Crippen LogP) is 2.82. The van der Waals surface area contributed by atoms with Crippen molar-refractivity contribution in [2.45, 2.75) is 0 Å². The fourth-order valence-electron chi connectivity index (χ4n) is 1.67. The summed E-state index contributed by atoms with van der Waals surface area (Å²) in [6, 6.07) is 8.21. The quantitative estimate of drug-likeness (QED) is 0.448. The van der Waals surface area contributed by atoms with E-state index in [0.29, 0.717) is 5.56 Å². The molecule has 0 aliphatic rings. The molecule has 0 amide bonds. The smallest absolute Gasteiger partial charge is 0.321 e. The van der Waals surface area contributed by atoms with Crippen molar-refractivity contribution in [3.63, 3.8) is 0 Å². The summed E-state index contributed by atoms with van der Waals surface area (Å²) in [6.07, 6.45) is 1.19. The minimum absolute atomic E-state index is 0.0981. The molecule has 2 aromatic carbocycles. The van der Waals surface area contributed by atoms with Crippen molar-refractivity contribution in [3.8, 4) is 5.75 Å². The molecule has 11 nitrogen and oxygen atoms in total. The van der Waals surface area contributed by atoms with Gasteiger partial charge in [-0.05, 0) is 23.8 Å². The van der Waals surface area contributed by atoms with Crippen LogP contribution in [0.25, 0.3) is 0 Å². The third-order valence-electron chi connectivity index (χ3n) is 2.81. The highest BCUT2D eigenvalue weighted by Gasteiger charge is 2.20. The van der Waals surface area contributed by atoms with Crippen LogP contribution >= 0.6 is 0 Å². The molecular weight excluding hydrogens is 324 g/mol. The summed E-state index contributed by atoms with van der Waals surface area (Å²) in [5.41, 5.74) is -0.692. The second-order valence-electron chi connectivity index (χ2n) is 4.34. The van der Waals surface area contributed by atoms with Crippen LogP contribution in [0.3, 0.4) is 0 Å². The SMILES string of the molecule is O=[N+]([O-])c1ccc(/C=N/Oc2ccc([N+](=O)[O-])cc2[N+](=O)[O-])cc1. The van der Waals surface area contributed by atoms with Gasteiger partial charge >= 0.3 is 5.69 Å².